The monoisotopic (exact) mass is 303 g/mol. The van der Waals surface area contributed by atoms with Gasteiger partial charge in [0.25, 0.3) is 0 Å². The summed E-state index contributed by atoms with van der Waals surface area (Å²) in [6.45, 7) is 1.90. The van der Waals surface area contributed by atoms with Gasteiger partial charge in [0.2, 0.25) is 0 Å². The molecular weight excluding hydrogens is 293 g/mol. The van der Waals surface area contributed by atoms with Crippen molar-refractivity contribution in [2.75, 3.05) is 5.73 Å². The maximum absolute atomic E-state index is 13.2. The van der Waals surface area contributed by atoms with Gasteiger partial charge in [0, 0.05) is 11.3 Å². The zero-order chi connectivity index (χ0) is 15.0. The fraction of sp³-hybridized carbons (Fsp3) is 0.0714. The Morgan fingerprint density at radius 1 is 1.24 bits per heavy atom. The Bertz CT molecular complexity index is 795. The minimum absolute atomic E-state index is 0.260. The number of para-hydroxylation sites is 1. The number of nitrogens with two attached hydrogens (primary N) is 1. The van der Waals surface area contributed by atoms with Crippen molar-refractivity contribution in [1.82, 2.24) is 20.2 Å². The number of nitrogen functional groups attached to an aromatic ring is 1. The zero-order valence-corrected chi connectivity index (χ0v) is 11.8. The highest BCUT2D eigenvalue weighted by atomic mass is 35.5. The van der Waals surface area contributed by atoms with Crippen LogP contribution >= 0.6 is 11.6 Å². The largest absolute Gasteiger partial charge is 0.398 e. The first-order valence-corrected chi connectivity index (χ1v) is 6.55. The van der Waals surface area contributed by atoms with Crippen LogP contribution in [0.1, 0.15) is 5.56 Å². The Balaban J connectivity index is 2.22. The number of hydrogen-bond acceptors (Lipinski definition) is 4. The number of tetrazole rings is 1. The summed E-state index contributed by atoms with van der Waals surface area (Å²) in [5, 5.41) is 12.1. The maximum atomic E-state index is 13.2. The lowest BCUT2D eigenvalue weighted by atomic mass is 10.1. The Labute approximate surface area is 125 Å². The number of hydrogen-bond donors (Lipinski definition) is 1. The SMILES string of the molecule is Cc1cccc(Cl)c1-n1nnnc1-c1ccc(F)cc1N. The first kappa shape index (κ1) is 13.5. The van der Waals surface area contributed by atoms with Crippen molar-refractivity contribution >= 4 is 17.3 Å². The molecule has 21 heavy (non-hydrogen) atoms. The molecule has 3 rings (SSSR count). The number of benzene rings is 2. The van der Waals surface area contributed by atoms with Crippen molar-refractivity contribution in [3.63, 3.8) is 0 Å². The lowest BCUT2D eigenvalue weighted by Gasteiger charge is -2.10. The smallest absolute Gasteiger partial charge is 0.189 e. The van der Waals surface area contributed by atoms with Crippen LogP contribution in [-0.4, -0.2) is 20.2 Å². The Hall–Kier alpha value is -2.47. The molecule has 0 amide bonds. The summed E-state index contributed by atoms with van der Waals surface area (Å²) >= 11 is 6.24. The van der Waals surface area contributed by atoms with E-state index in [1.54, 1.807) is 12.1 Å². The third-order valence-corrected chi connectivity index (χ3v) is 3.43. The van der Waals surface area contributed by atoms with Crippen LogP contribution in [0.25, 0.3) is 17.1 Å². The minimum atomic E-state index is -0.413. The average Bonchev–Trinajstić information content (AvgIpc) is 2.87. The summed E-state index contributed by atoms with van der Waals surface area (Å²) in [5.41, 5.74) is 8.24. The second-order valence-electron chi connectivity index (χ2n) is 4.55. The fourth-order valence-corrected chi connectivity index (χ4v) is 2.44. The maximum Gasteiger partial charge on any atom is 0.189 e. The van der Waals surface area contributed by atoms with Gasteiger partial charge in [-0.2, -0.15) is 4.68 Å². The van der Waals surface area contributed by atoms with Crippen molar-refractivity contribution in [2.24, 2.45) is 0 Å². The summed E-state index contributed by atoms with van der Waals surface area (Å²) in [4.78, 5) is 0. The van der Waals surface area contributed by atoms with Gasteiger partial charge in [-0.1, -0.05) is 23.7 Å². The molecule has 0 aliphatic carbocycles. The highest BCUT2D eigenvalue weighted by Gasteiger charge is 2.17. The predicted molar refractivity (Wildman–Crippen MR) is 78.7 cm³/mol. The summed E-state index contributed by atoms with van der Waals surface area (Å²) in [7, 11) is 0. The molecule has 0 saturated heterocycles. The van der Waals surface area contributed by atoms with E-state index >= 15 is 0 Å². The van der Waals surface area contributed by atoms with Gasteiger partial charge in [-0.25, -0.2) is 4.39 Å². The van der Waals surface area contributed by atoms with Gasteiger partial charge in [-0.15, -0.1) is 5.10 Å². The number of halogens is 2. The van der Waals surface area contributed by atoms with E-state index in [0.29, 0.717) is 22.1 Å². The molecule has 1 heterocycles. The van der Waals surface area contributed by atoms with Gasteiger partial charge >= 0.3 is 0 Å². The molecule has 0 spiro atoms. The van der Waals surface area contributed by atoms with Crippen LogP contribution in [0.4, 0.5) is 10.1 Å². The number of aryl methyl sites for hydroxylation is 1. The van der Waals surface area contributed by atoms with Gasteiger partial charge < -0.3 is 5.73 Å². The van der Waals surface area contributed by atoms with Crippen molar-refractivity contribution in [2.45, 2.75) is 6.92 Å². The molecule has 106 valence electrons. The van der Waals surface area contributed by atoms with Crippen LogP contribution in [-0.2, 0) is 0 Å². The average molecular weight is 304 g/mol. The molecule has 0 saturated carbocycles. The topological polar surface area (TPSA) is 69.6 Å². The third-order valence-electron chi connectivity index (χ3n) is 3.12. The molecule has 0 aliphatic heterocycles. The van der Waals surface area contributed by atoms with E-state index in [0.717, 1.165) is 5.56 Å². The first-order valence-electron chi connectivity index (χ1n) is 6.17. The Morgan fingerprint density at radius 2 is 2.05 bits per heavy atom. The van der Waals surface area contributed by atoms with E-state index in [2.05, 4.69) is 15.5 Å². The van der Waals surface area contributed by atoms with Crippen LogP contribution in [0.5, 0.6) is 0 Å². The molecule has 0 aliphatic rings. The lowest BCUT2D eigenvalue weighted by Crippen LogP contribution is -2.04. The summed E-state index contributed by atoms with van der Waals surface area (Å²) in [5.74, 6) is -0.00658. The normalized spacial score (nSPS) is 10.8. The van der Waals surface area contributed by atoms with E-state index in [1.807, 2.05) is 19.1 Å². The molecule has 0 fully saturated rings. The Kier molecular flexibility index (Phi) is 3.31. The van der Waals surface area contributed by atoms with Crippen LogP contribution in [0.15, 0.2) is 36.4 Å². The van der Waals surface area contributed by atoms with E-state index in [4.69, 9.17) is 17.3 Å². The van der Waals surface area contributed by atoms with Crippen molar-refractivity contribution in [3.05, 3.63) is 52.8 Å². The van der Waals surface area contributed by atoms with E-state index in [1.165, 1.54) is 16.8 Å². The summed E-state index contributed by atoms with van der Waals surface area (Å²) in [6, 6.07) is 9.58. The second kappa shape index (κ2) is 5.14. The zero-order valence-electron chi connectivity index (χ0n) is 11.1. The van der Waals surface area contributed by atoms with Crippen LogP contribution in [0.2, 0.25) is 5.02 Å². The molecule has 3 aromatic rings. The van der Waals surface area contributed by atoms with E-state index < -0.39 is 5.82 Å². The van der Waals surface area contributed by atoms with E-state index in [-0.39, 0.29) is 5.69 Å². The molecule has 0 radical (unpaired) electrons. The van der Waals surface area contributed by atoms with Gasteiger partial charge in [0.1, 0.15) is 5.82 Å². The summed E-state index contributed by atoms with van der Waals surface area (Å²) in [6.07, 6.45) is 0. The number of aromatic nitrogens is 4. The Morgan fingerprint density at radius 3 is 2.76 bits per heavy atom. The quantitative estimate of drug-likeness (QED) is 0.739. The van der Waals surface area contributed by atoms with Crippen LogP contribution < -0.4 is 5.73 Å². The van der Waals surface area contributed by atoms with Crippen LogP contribution in [0, 0.1) is 12.7 Å². The van der Waals surface area contributed by atoms with Crippen LogP contribution in [0.3, 0.4) is 0 Å². The first-order chi connectivity index (χ1) is 10.1. The van der Waals surface area contributed by atoms with Gasteiger partial charge in [0.15, 0.2) is 5.82 Å². The van der Waals surface area contributed by atoms with Crippen molar-refractivity contribution < 1.29 is 4.39 Å². The number of anilines is 1. The standard InChI is InChI=1S/C14H11ClFN5/c1-8-3-2-4-11(15)13(8)21-14(18-19-20-21)10-6-5-9(16)7-12(10)17/h2-7H,17H2,1H3. The molecule has 0 unspecified atom stereocenters. The number of nitrogens with zero attached hydrogens (tertiary/aromatic N) is 4. The molecule has 0 bridgehead atoms. The predicted octanol–water partition coefficient (Wildman–Crippen LogP) is 3.01. The highest BCUT2D eigenvalue weighted by molar-refractivity contribution is 6.32. The lowest BCUT2D eigenvalue weighted by molar-refractivity contribution is 0.628. The second-order valence-corrected chi connectivity index (χ2v) is 4.96. The fourth-order valence-electron chi connectivity index (χ4n) is 2.13. The third kappa shape index (κ3) is 2.34. The van der Waals surface area contributed by atoms with Gasteiger partial charge in [-0.05, 0) is 47.2 Å². The van der Waals surface area contributed by atoms with Gasteiger partial charge in [-0.3, -0.25) is 0 Å². The molecule has 5 nitrogen and oxygen atoms in total. The molecule has 1 aromatic heterocycles. The van der Waals surface area contributed by atoms with E-state index in [9.17, 15) is 4.39 Å². The van der Waals surface area contributed by atoms with Crippen molar-refractivity contribution in [3.8, 4) is 17.1 Å². The minimum Gasteiger partial charge on any atom is -0.398 e. The molecule has 2 aromatic carbocycles. The molecule has 7 heteroatoms. The van der Waals surface area contributed by atoms with Crippen molar-refractivity contribution in [1.29, 1.82) is 0 Å². The summed E-state index contributed by atoms with van der Waals surface area (Å²) < 4.78 is 14.7. The molecule has 0 atom stereocenters. The highest BCUT2D eigenvalue weighted by Crippen LogP contribution is 2.30. The molecule has 2 N–H and O–H groups in total. The van der Waals surface area contributed by atoms with Gasteiger partial charge in [0.05, 0.1) is 10.7 Å². The number of rotatable bonds is 2. The molecular formula is C14H11ClFN5.